The number of nitrogens with zero attached hydrogens (tertiary/aromatic N) is 3. The van der Waals surface area contributed by atoms with Crippen LogP contribution >= 0.6 is 24.0 Å². The molecule has 1 aromatic heterocycles. The van der Waals surface area contributed by atoms with Crippen molar-refractivity contribution in [2.45, 2.75) is 25.0 Å². The summed E-state index contributed by atoms with van der Waals surface area (Å²) in [5.74, 6) is 1.40. The first kappa shape index (κ1) is 19.3. The Kier molecular flexibility index (Phi) is 6.70. The van der Waals surface area contributed by atoms with E-state index in [0.717, 1.165) is 38.6 Å². The van der Waals surface area contributed by atoms with Gasteiger partial charge in [0.1, 0.15) is 11.4 Å². The third kappa shape index (κ3) is 4.31. The lowest BCUT2D eigenvalue weighted by molar-refractivity contribution is 0.0380. The van der Waals surface area contributed by atoms with Gasteiger partial charge in [0, 0.05) is 39.3 Å². The summed E-state index contributed by atoms with van der Waals surface area (Å²) < 4.78 is 5.32. The summed E-state index contributed by atoms with van der Waals surface area (Å²) in [6.45, 7) is 6.18. The maximum Gasteiger partial charge on any atom is 0.193 e. The van der Waals surface area contributed by atoms with E-state index in [2.05, 4.69) is 32.3 Å². The van der Waals surface area contributed by atoms with Crippen LogP contribution in [0.4, 0.5) is 0 Å². The van der Waals surface area contributed by atoms with E-state index >= 15 is 0 Å². The van der Waals surface area contributed by atoms with Gasteiger partial charge < -0.3 is 19.7 Å². The zero-order chi connectivity index (χ0) is 16.3. The summed E-state index contributed by atoms with van der Waals surface area (Å²) in [6.07, 6.45) is 7.19. The molecule has 3 rings (SSSR count). The molecule has 2 unspecified atom stereocenters. The van der Waals surface area contributed by atoms with E-state index in [0.29, 0.717) is 18.3 Å². The summed E-state index contributed by atoms with van der Waals surface area (Å²) in [4.78, 5) is 9.13. The van der Waals surface area contributed by atoms with Crippen LogP contribution < -0.4 is 5.32 Å². The predicted octanol–water partition coefficient (Wildman–Crippen LogP) is 1.63. The van der Waals surface area contributed by atoms with Crippen molar-refractivity contribution < 1.29 is 9.52 Å². The Bertz CT molecular complexity index is 563. The molecule has 0 amide bonds. The van der Waals surface area contributed by atoms with Crippen molar-refractivity contribution in [1.29, 1.82) is 0 Å². The van der Waals surface area contributed by atoms with E-state index in [9.17, 15) is 5.11 Å². The van der Waals surface area contributed by atoms with E-state index in [-0.39, 0.29) is 24.0 Å². The van der Waals surface area contributed by atoms with Crippen LogP contribution in [-0.2, 0) is 5.60 Å². The summed E-state index contributed by atoms with van der Waals surface area (Å²) in [6, 6.07) is 4.15. The summed E-state index contributed by atoms with van der Waals surface area (Å²) >= 11 is 0. The highest BCUT2D eigenvalue weighted by Gasteiger charge is 2.31. The van der Waals surface area contributed by atoms with E-state index in [1.165, 1.54) is 0 Å². The number of guanidine groups is 1. The van der Waals surface area contributed by atoms with Crippen molar-refractivity contribution in [3.8, 4) is 0 Å². The molecule has 134 valence electrons. The van der Waals surface area contributed by atoms with Gasteiger partial charge in [-0.1, -0.05) is 12.2 Å². The molecule has 3 heterocycles. The largest absolute Gasteiger partial charge is 0.466 e. The van der Waals surface area contributed by atoms with Gasteiger partial charge in [-0.05, 0) is 25.5 Å². The lowest BCUT2D eigenvalue weighted by Gasteiger charge is -2.28. The number of hydrogen-bond acceptors (Lipinski definition) is 4. The molecule has 2 atom stereocenters. The number of likely N-dealkylation sites (tertiary alicyclic amines) is 1. The number of hydrogen-bond donors (Lipinski definition) is 2. The van der Waals surface area contributed by atoms with Crippen molar-refractivity contribution in [3.05, 3.63) is 36.3 Å². The van der Waals surface area contributed by atoms with Crippen molar-refractivity contribution in [3.63, 3.8) is 0 Å². The number of nitrogens with one attached hydrogen (secondary N) is 1. The van der Waals surface area contributed by atoms with Gasteiger partial charge in [-0.3, -0.25) is 9.89 Å². The SMILES string of the molecule is CN=C(NCC(C)(O)c1ccco1)N1CCC(N2CC=CC2)C1.I. The minimum absolute atomic E-state index is 0. The standard InChI is InChI=1S/C17H26N4O2.HI/c1-17(22,15-6-5-11-23-15)13-19-16(18-2)21-10-7-14(12-21)20-8-3-4-9-20;/h3-6,11,14,22H,7-10,12-13H2,1-2H3,(H,18,19);1H. The predicted molar refractivity (Wildman–Crippen MR) is 106 cm³/mol. The second-order valence-corrected chi connectivity index (χ2v) is 6.47. The topological polar surface area (TPSA) is 64.2 Å². The Hall–Kier alpha value is -1.06. The van der Waals surface area contributed by atoms with Gasteiger partial charge in [-0.25, -0.2) is 0 Å². The molecule has 2 aliphatic heterocycles. The van der Waals surface area contributed by atoms with Crippen molar-refractivity contribution in [1.82, 2.24) is 15.1 Å². The molecule has 1 aromatic rings. The molecule has 0 aromatic carbocycles. The van der Waals surface area contributed by atoms with Crippen LogP contribution in [0.15, 0.2) is 40.0 Å². The zero-order valence-electron chi connectivity index (χ0n) is 14.3. The molecular formula is C17H27IN4O2. The molecule has 0 aliphatic carbocycles. The van der Waals surface area contributed by atoms with Gasteiger partial charge in [0.2, 0.25) is 0 Å². The van der Waals surface area contributed by atoms with Crippen molar-refractivity contribution in [2.24, 2.45) is 4.99 Å². The number of aliphatic imine (C=N–C) groups is 1. The van der Waals surface area contributed by atoms with Gasteiger partial charge in [-0.15, -0.1) is 24.0 Å². The molecule has 0 bridgehead atoms. The van der Waals surface area contributed by atoms with Gasteiger partial charge in [-0.2, -0.15) is 0 Å². The number of halogens is 1. The molecule has 2 aliphatic rings. The van der Waals surface area contributed by atoms with Crippen molar-refractivity contribution >= 4 is 29.9 Å². The van der Waals surface area contributed by atoms with Crippen molar-refractivity contribution in [2.75, 3.05) is 39.8 Å². The molecule has 7 heteroatoms. The van der Waals surface area contributed by atoms with Crippen LogP contribution in [0.5, 0.6) is 0 Å². The fraction of sp³-hybridized carbons (Fsp3) is 0.588. The summed E-state index contributed by atoms with van der Waals surface area (Å²) in [7, 11) is 1.79. The first-order chi connectivity index (χ1) is 11.1. The molecular weight excluding hydrogens is 419 g/mol. The highest BCUT2D eigenvalue weighted by molar-refractivity contribution is 14.0. The van der Waals surface area contributed by atoms with Crippen LogP contribution in [0.3, 0.4) is 0 Å². The fourth-order valence-electron chi connectivity index (χ4n) is 3.28. The van der Waals surface area contributed by atoms with Crippen LogP contribution in [-0.4, -0.2) is 66.7 Å². The van der Waals surface area contributed by atoms with E-state index in [1.807, 2.05) is 0 Å². The normalized spacial score (nSPS) is 24.0. The average molecular weight is 446 g/mol. The fourth-order valence-corrected chi connectivity index (χ4v) is 3.28. The van der Waals surface area contributed by atoms with E-state index in [4.69, 9.17) is 4.42 Å². The van der Waals surface area contributed by atoms with Gasteiger partial charge in [0.05, 0.1) is 12.8 Å². The summed E-state index contributed by atoms with van der Waals surface area (Å²) in [5, 5.41) is 13.8. The maximum atomic E-state index is 10.5. The first-order valence-electron chi connectivity index (χ1n) is 8.21. The highest BCUT2D eigenvalue weighted by Crippen LogP contribution is 2.21. The lowest BCUT2D eigenvalue weighted by atomic mass is 10.0. The molecule has 1 saturated heterocycles. The molecule has 1 fully saturated rings. The molecule has 2 N–H and O–H groups in total. The quantitative estimate of drug-likeness (QED) is 0.319. The number of furan rings is 1. The van der Waals surface area contributed by atoms with Crippen LogP contribution in [0.25, 0.3) is 0 Å². The second-order valence-electron chi connectivity index (χ2n) is 6.47. The van der Waals surface area contributed by atoms with Crippen LogP contribution in [0.2, 0.25) is 0 Å². The minimum Gasteiger partial charge on any atom is -0.466 e. The smallest absolute Gasteiger partial charge is 0.193 e. The Labute approximate surface area is 160 Å². The first-order valence-corrected chi connectivity index (χ1v) is 8.21. The van der Waals surface area contributed by atoms with Gasteiger partial charge in [0.25, 0.3) is 0 Å². The number of aliphatic hydroxyl groups is 1. The Morgan fingerprint density at radius 1 is 1.46 bits per heavy atom. The summed E-state index contributed by atoms with van der Waals surface area (Å²) in [5.41, 5.74) is -1.06. The molecule has 6 nitrogen and oxygen atoms in total. The monoisotopic (exact) mass is 446 g/mol. The molecule has 24 heavy (non-hydrogen) atoms. The highest BCUT2D eigenvalue weighted by atomic mass is 127. The third-order valence-electron chi connectivity index (χ3n) is 4.68. The minimum atomic E-state index is -1.06. The van der Waals surface area contributed by atoms with Gasteiger partial charge in [0.15, 0.2) is 5.96 Å². The second kappa shape index (κ2) is 8.35. The average Bonchev–Trinajstić information content (AvgIpc) is 3.28. The Morgan fingerprint density at radius 2 is 2.21 bits per heavy atom. The van der Waals surface area contributed by atoms with Gasteiger partial charge >= 0.3 is 0 Å². The Morgan fingerprint density at radius 3 is 2.83 bits per heavy atom. The molecule has 0 radical (unpaired) electrons. The number of rotatable bonds is 4. The lowest BCUT2D eigenvalue weighted by Crippen LogP contribution is -2.46. The van der Waals surface area contributed by atoms with E-state index < -0.39 is 5.60 Å². The van der Waals surface area contributed by atoms with Crippen LogP contribution in [0, 0.1) is 0 Å². The Balaban J connectivity index is 0.00000208. The zero-order valence-corrected chi connectivity index (χ0v) is 16.6. The van der Waals surface area contributed by atoms with Crippen LogP contribution in [0.1, 0.15) is 19.1 Å². The van der Waals surface area contributed by atoms with E-state index in [1.54, 1.807) is 32.4 Å². The maximum absolute atomic E-state index is 10.5. The molecule has 0 saturated carbocycles. The molecule has 0 spiro atoms. The third-order valence-corrected chi connectivity index (χ3v) is 4.68.